The van der Waals surface area contributed by atoms with Crippen LogP contribution in [-0.2, 0) is 0 Å². The van der Waals surface area contributed by atoms with Gasteiger partial charge >= 0.3 is 0 Å². The van der Waals surface area contributed by atoms with Crippen molar-refractivity contribution in [3.63, 3.8) is 0 Å². The number of benzene rings is 2. The third-order valence-corrected chi connectivity index (χ3v) is 3.91. The van der Waals surface area contributed by atoms with Crippen molar-refractivity contribution in [2.75, 3.05) is 0 Å². The van der Waals surface area contributed by atoms with E-state index >= 15 is 0 Å². The second kappa shape index (κ2) is 4.10. The van der Waals surface area contributed by atoms with Gasteiger partial charge in [0, 0.05) is 5.92 Å². The van der Waals surface area contributed by atoms with Gasteiger partial charge in [-0.15, -0.1) is 0 Å². The summed E-state index contributed by atoms with van der Waals surface area (Å²) in [6.07, 6.45) is 11.2. The van der Waals surface area contributed by atoms with E-state index in [2.05, 4.69) is 78.9 Å². The number of rotatable bonds is 0. The Morgan fingerprint density at radius 3 is 2.32 bits per heavy atom. The molecule has 0 spiro atoms. The molecule has 0 aliphatic heterocycles. The van der Waals surface area contributed by atoms with Crippen molar-refractivity contribution in [1.82, 2.24) is 0 Å². The van der Waals surface area contributed by atoms with Crippen molar-refractivity contribution in [1.29, 1.82) is 0 Å². The molecule has 2 aromatic rings. The lowest BCUT2D eigenvalue weighted by atomic mass is 9.92. The average Bonchev–Trinajstić information content (AvgIpc) is 2.62. The zero-order chi connectivity index (χ0) is 12.7. The van der Waals surface area contributed by atoms with Crippen molar-refractivity contribution < 1.29 is 0 Å². The summed E-state index contributed by atoms with van der Waals surface area (Å²) in [6, 6.07) is 17.4. The molecule has 2 aliphatic rings. The number of fused-ring (bicyclic) bond motifs is 3. The Morgan fingerprint density at radius 1 is 0.684 bits per heavy atom. The van der Waals surface area contributed by atoms with Gasteiger partial charge in [0.1, 0.15) is 0 Å². The minimum absolute atomic E-state index is 0.384. The molecule has 0 heteroatoms. The SMILES string of the molecule is C1=CC2=c3ccccc3=c3ccccc3=CC2C=C1. The van der Waals surface area contributed by atoms with Crippen LogP contribution in [0.5, 0.6) is 0 Å². The standard InChI is InChI=1S/C19H14/c1-3-9-16-14(7-1)13-15-8-2-4-10-17(15)19-12-6-5-11-18(16)19/h1-14H. The van der Waals surface area contributed by atoms with E-state index in [-0.39, 0.29) is 0 Å². The molecular weight excluding hydrogens is 228 g/mol. The molecule has 19 heavy (non-hydrogen) atoms. The summed E-state index contributed by atoms with van der Waals surface area (Å²) in [5.41, 5.74) is 1.40. The van der Waals surface area contributed by atoms with Crippen LogP contribution < -0.4 is 10.4 Å². The molecule has 0 heterocycles. The smallest absolute Gasteiger partial charge is 0.0216 e. The highest BCUT2D eigenvalue weighted by atomic mass is 14.2. The third kappa shape index (κ3) is 1.61. The molecule has 0 N–H and O–H groups in total. The number of hydrogen-bond donors (Lipinski definition) is 0. The molecule has 1 atom stereocenters. The maximum Gasteiger partial charge on any atom is 0.0216 e. The van der Waals surface area contributed by atoms with Crippen LogP contribution in [0.1, 0.15) is 0 Å². The van der Waals surface area contributed by atoms with Crippen LogP contribution in [0.4, 0.5) is 0 Å². The van der Waals surface area contributed by atoms with E-state index in [0.717, 1.165) is 0 Å². The van der Waals surface area contributed by atoms with E-state index in [1.54, 1.807) is 0 Å². The molecule has 2 aromatic carbocycles. The molecule has 0 bridgehead atoms. The summed E-state index contributed by atoms with van der Waals surface area (Å²) in [6.45, 7) is 0. The van der Waals surface area contributed by atoms with Crippen LogP contribution in [0.2, 0.25) is 0 Å². The largest absolute Gasteiger partial charge is 0.0732 e. The van der Waals surface area contributed by atoms with Gasteiger partial charge in [0.2, 0.25) is 0 Å². The average molecular weight is 242 g/mol. The topological polar surface area (TPSA) is 0 Å². The zero-order valence-electron chi connectivity index (χ0n) is 10.6. The molecule has 0 nitrogen and oxygen atoms in total. The number of hydrogen-bond acceptors (Lipinski definition) is 0. The number of allylic oxidation sites excluding steroid dienone is 4. The van der Waals surface area contributed by atoms with Gasteiger partial charge < -0.3 is 0 Å². The Balaban J connectivity index is 2.37. The Kier molecular flexibility index (Phi) is 2.28. The van der Waals surface area contributed by atoms with Crippen molar-refractivity contribution in [3.05, 3.63) is 93.7 Å². The van der Waals surface area contributed by atoms with E-state index in [1.165, 1.54) is 26.4 Å². The lowest BCUT2D eigenvalue weighted by Crippen LogP contribution is -2.11. The van der Waals surface area contributed by atoms with E-state index in [1.807, 2.05) is 0 Å². The first-order valence-corrected chi connectivity index (χ1v) is 6.69. The summed E-state index contributed by atoms with van der Waals surface area (Å²) >= 11 is 0. The predicted molar refractivity (Wildman–Crippen MR) is 79.4 cm³/mol. The van der Waals surface area contributed by atoms with E-state index in [4.69, 9.17) is 0 Å². The Hall–Kier alpha value is -2.34. The molecule has 4 rings (SSSR count). The Labute approximate surface area is 112 Å². The summed E-state index contributed by atoms with van der Waals surface area (Å²) < 4.78 is 0. The minimum Gasteiger partial charge on any atom is -0.0732 e. The third-order valence-electron chi connectivity index (χ3n) is 3.91. The second-order valence-corrected chi connectivity index (χ2v) is 5.02. The van der Waals surface area contributed by atoms with Gasteiger partial charge in [0.05, 0.1) is 0 Å². The zero-order valence-corrected chi connectivity index (χ0v) is 10.6. The molecule has 0 fully saturated rings. The normalized spacial score (nSPS) is 18.9. The molecule has 0 radical (unpaired) electrons. The van der Waals surface area contributed by atoms with Crippen LogP contribution in [0.25, 0.3) is 11.6 Å². The quantitative estimate of drug-likeness (QED) is 0.666. The minimum atomic E-state index is 0.384. The van der Waals surface area contributed by atoms with Gasteiger partial charge in [-0.25, -0.2) is 0 Å². The van der Waals surface area contributed by atoms with Crippen LogP contribution in [0, 0.1) is 16.4 Å². The first-order chi connectivity index (χ1) is 9.43. The van der Waals surface area contributed by atoms with Gasteiger partial charge in [0.15, 0.2) is 0 Å². The van der Waals surface area contributed by atoms with Crippen molar-refractivity contribution in [3.8, 4) is 0 Å². The fourth-order valence-corrected chi connectivity index (χ4v) is 3.02. The monoisotopic (exact) mass is 242 g/mol. The van der Waals surface area contributed by atoms with Crippen LogP contribution in [0.3, 0.4) is 0 Å². The molecule has 2 aliphatic carbocycles. The second-order valence-electron chi connectivity index (χ2n) is 5.02. The summed E-state index contributed by atoms with van der Waals surface area (Å²) in [4.78, 5) is 0. The summed E-state index contributed by atoms with van der Waals surface area (Å²) in [5.74, 6) is 0.384. The highest BCUT2D eigenvalue weighted by molar-refractivity contribution is 5.71. The van der Waals surface area contributed by atoms with Gasteiger partial charge in [-0.1, -0.05) is 78.9 Å². The molecule has 0 saturated heterocycles. The molecule has 0 aromatic heterocycles. The van der Waals surface area contributed by atoms with E-state index < -0.39 is 0 Å². The molecule has 90 valence electrons. The van der Waals surface area contributed by atoms with Crippen molar-refractivity contribution >= 4 is 11.6 Å². The van der Waals surface area contributed by atoms with Crippen LogP contribution in [-0.4, -0.2) is 0 Å². The van der Waals surface area contributed by atoms with Gasteiger partial charge in [-0.3, -0.25) is 0 Å². The molecule has 0 saturated carbocycles. The first-order valence-electron chi connectivity index (χ1n) is 6.69. The fourth-order valence-electron chi connectivity index (χ4n) is 3.02. The Bertz CT molecular complexity index is 911. The first kappa shape index (κ1) is 10.6. The molecule has 0 amide bonds. The van der Waals surface area contributed by atoms with E-state index in [9.17, 15) is 0 Å². The fraction of sp³-hybridized carbons (Fsp3) is 0.0526. The highest BCUT2D eigenvalue weighted by Gasteiger charge is 2.11. The van der Waals surface area contributed by atoms with Crippen LogP contribution in [0.15, 0.2) is 72.8 Å². The maximum absolute atomic E-state index is 2.37. The van der Waals surface area contributed by atoms with Crippen LogP contribution >= 0.6 is 0 Å². The highest BCUT2D eigenvalue weighted by Crippen LogP contribution is 2.21. The Morgan fingerprint density at radius 2 is 1.42 bits per heavy atom. The van der Waals surface area contributed by atoms with E-state index in [0.29, 0.717) is 5.92 Å². The van der Waals surface area contributed by atoms with Gasteiger partial charge in [-0.2, -0.15) is 0 Å². The van der Waals surface area contributed by atoms with Crippen molar-refractivity contribution in [2.45, 2.75) is 0 Å². The molecule has 1 unspecified atom stereocenters. The van der Waals surface area contributed by atoms with Gasteiger partial charge in [-0.05, 0) is 26.4 Å². The van der Waals surface area contributed by atoms with Gasteiger partial charge in [0.25, 0.3) is 0 Å². The lowest BCUT2D eigenvalue weighted by molar-refractivity contribution is 1.15. The van der Waals surface area contributed by atoms with Crippen molar-refractivity contribution in [2.24, 2.45) is 5.92 Å². The maximum atomic E-state index is 2.37. The summed E-state index contributed by atoms with van der Waals surface area (Å²) in [7, 11) is 0. The predicted octanol–water partition coefficient (Wildman–Crippen LogP) is 2.66. The summed E-state index contributed by atoms with van der Waals surface area (Å²) in [5, 5.41) is 5.36. The lowest BCUT2D eigenvalue weighted by Gasteiger charge is -2.12. The molecular formula is C19H14.